The van der Waals surface area contributed by atoms with E-state index in [1.807, 2.05) is 0 Å². The Morgan fingerprint density at radius 3 is 1.15 bits per heavy atom. The van der Waals surface area contributed by atoms with Crippen molar-refractivity contribution in [3.8, 4) is 0 Å². The van der Waals surface area contributed by atoms with Crippen molar-refractivity contribution in [2.75, 3.05) is 6.16 Å². The van der Waals surface area contributed by atoms with Crippen LogP contribution in [0, 0.1) is 0 Å². The van der Waals surface area contributed by atoms with E-state index in [-0.39, 0.29) is 12.4 Å². The van der Waals surface area contributed by atoms with E-state index in [1.165, 1.54) is 92.7 Å². The number of rotatable bonds is 15. The van der Waals surface area contributed by atoms with Gasteiger partial charge in [-0.3, -0.25) is 0 Å². The molecule has 0 amide bonds. The molecule has 0 saturated heterocycles. The van der Waals surface area contributed by atoms with E-state index >= 15 is 0 Å². The van der Waals surface area contributed by atoms with Crippen LogP contribution < -0.4 is 12.4 Å². The second kappa shape index (κ2) is 16.1. The minimum absolute atomic E-state index is 0. The lowest BCUT2D eigenvalue weighted by atomic mass is 10.1. The summed E-state index contributed by atoms with van der Waals surface area (Å²) in [6.45, 7) is 2.30. The summed E-state index contributed by atoms with van der Waals surface area (Å²) in [7, 11) is -1.23. The number of hydrogen-bond donors (Lipinski definition) is 0. The molecule has 3 aromatic rings. The molecular weight excluding hydrogens is 439 g/mol. The monoisotopic (exact) mass is 480 g/mol. The van der Waals surface area contributed by atoms with Crippen LogP contribution in [0.3, 0.4) is 0 Å². The van der Waals surface area contributed by atoms with E-state index in [0.29, 0.717) is 0 Å². The zero-order valence-corrected chi connectivity index (χ0v) is 22.1. The van der Waals surface area contributed by atoms with Gasteiger partial charge >= 0.3 is 0 Å². The first-order valence-corrected chi connectivity index (χ1v) is 15.3. The Balaban J connectivity index is 0.00000385. The standard InChI is InChI=1S/C31H42P.ClH/c1-2-3-4-5-6-7-8-18-25-32(26-29-19-12-9-13-20-29,27-30-21-14-10-15-22-30)28-31-23-16-11-17-24-31;/h9-17,19-24H,2-8,18,25-28H2,1H3;1H/q+1;/p-1. The third kappa shape index (κ3) is 10.5. The second-order valence-electron chi connectivity index (χ2n) is 9.47. The number of benzene rings is 3. The molecule has 0 fully saturated rings. The maximum atomic E-state index is 2.35. The van der Waals surface area contributed by atoms with Gasteiger partial charge in [-0.15, -0.1) is 0 Å². The molecule has 2 heteroatoms. The molecule has 0 nitrogen and oxygen atoms in total. The summed E-state index contributed by atoms with van der Waals surface area (Å²) in [5.74, 6) is 0. The van der Waals surface area contributed by atoms with E-state index in [4.69, 9.17) is 0 Å². The summed E-state index contributed by atoms with van der Waals surface area (Å²) in [6, 6.07) is 33.8. The van der Waals surface area contributed by atoms with Crippen LogP contribution >= 0.6 is 7.26 Å². The van der Waals surface area contributed by atoms with Gasteiger partial charge in [-0.2, -0.15) is 0 Å². The van der Waals surface area contributed by atoms with Crippen LogP contribution in [0.1, 0.15) is 75.0 Å². The van der Waals surface area contributed by atoms with Gasteiger partial charge in [0.1, 0.15) is 0 Å². The highest BCUT2D eigenvalue weighted by atomic mass is 35.5. The molecule has 0 aliphatic heterocycles. The molecule has 0 heterocycles. The highest BCUT2D eigenvalue weighted by Crippen LogP contribution is 2.67. The molecule has 0 unspecified atom stereocenters. The van der Waals surface area contributed by atoms with Crippen molar-refractivity contribution < 1.29 is 12.4 Å². The third-order valence-corrected chi connectivity index (χ3v) is 10.9. The molecule has 33 heavy (non-hydrogen) atoms. The van der Waals surface area contributed by atoms with E-state index in [9.17, 15) is 0 Å². The molecule has 0 N–H and O–H groups in total. The molecule has 0 radical (unpaired) electrons. The lowest BCUT2D eigenvalue weighted by Gasteiger charge is -2.29. The van der Waals surface area contributed by atoms with E-state index < -0.39 is 7.26 Å². The zero-order valence-electron chi connectivity index (χ0n) is 20.5. The van der Waals surface area contributed by atoms with Crippen LogP contribution in [-0.2, 0) is 18.5 Å². The Hall–Kier alpha value is -1.62. The Morgan fingerprint density at radius 1 is 0.455 bits per heavy atom. The SMILES string of the molecule is CCCCCCCCCC[P+](Cc1ccccc1)(Cc1ccccc1)Cc1ccccc1.[Cl-]. The van der Waals surface area contributed by atoms with Crippen LogP contribution in [0.4, 0.5) is 0 Å². The Morgan fingerprint density at radius 2 is 0.788 bits per heavy atom. The summed E-state index contributed by atoms with van der Waals surface area (Å²) in [5, 5.41) is 0. The molecule has 0 spiro atoms. The lowest BCUT2D eigenvalue weighted by Crippen LogP contribution is -3.00. The van der Waals surface area contributed by atoms with Gasteiger partial charge in [-0.1, -0.05) is 136 Å². The maximum Gasteiger partial charge on any atom is 0.0849 e. The quantitative estimate of drug-likeness (QED) is 0.167. The summed E-state index contributed by atoms with van der Waals surface area (Å²) >= 11 is 0. The highest BCUT2D eigenvalue weighted by Gasteiger charge is 2.37. The van der Waals surface area contributed by atoms with Crippen molar-refractivity contribution in [3.63, 3.8) is 0 Å². The average Bonchev–Trinajstić information content (AvgIpc) is 2.83. The molecule has 178 valence electrons. The second-order valence-corrected chi connectivity index (χ2v) is 13.6. The first kappa shape index (κ1) is 27.6. The van der Waals surface area contributed by atoms with Gasteiger partial charge in [0.2, 0.25) is 0 Å². The molecule has 0 bridgehead atoms. The number of unbranched alkanes of at least 4 members (excludes halogenated alkanes) is 7. The molecule has 3 rings (SSSR count). The van der Waals surface area contributed by atoms with Gasteiger partial charge in [-0.05, 0) is 29.5 Å². The summed E-state index contributed by atoms with van der Waals surface area (Å²) in [5.41, 5.74) is 4.56. The molecule has 0 aliphatic rings. The smallest absolute Gasteiger partial charge is 0.0849 e. The first-order chi connectivity index (χ1) is 15.8. The van der Waals surface area contributed by atoms with Crippen LogP contribution in [0.5, 0.6) is 0 Å². The Kier molecular flexibility index (Phi) is 13.5. The molecule has 0 atom stereocenters. The van der Waals surface area contributed by atoms with E-state index in [1.54, 1.807) is 0 Å². The number of halogens is 1. The topological polar surface area (TPSA) is 0 Å². The normalized spacial score (nSPS) is 11.2. The Labute approximate surface area is 210 Å². The van der Waals surface area contributed by atoms with Gasteiger partial charge in [0.05, 0.1) is 24.6 Å². The molecule has 3 aromatic carbocycles. The maximum absolute atomic E-state index is 2.35. The highest BCUT2D eigenvalue weighted by molar-refractivity contribution is 7.73. The first-order valence-electron chi connectivity index (χ1n) is 12.8. The predicted molar refractivity (Wildman–Crippen MR) is 145 cm³/mol. The minimum Gasteiger partial charge on any atom is -1.00 e. The molecule has 0 saturated carbocycles. The summed E-state index contributed by atoms with van der Waals surface area (Å²) in [6.07, 6.45) is 16.4. The minimum atomic E-state index is -1.23. The van der Waals surface area contributed by atoms with E-state index in [0.717, 1.165) is 0 Å². The number of hydrogen-bond acceptors (Lipinski definition) is 0. The van der Waals surface area contributed by atoms with Gasteiger partial charge in [0.25, 0.3) is 0 Å². The van der Waals surface area contributed by atoms with Crippen molar-refractivity contribution in [2.24, 2.45) is 0 Å². The van der Waals surface area contributed by atoms with Crippen molar-refractivity contribution in [3.05, 3.63) is 108 Å². The largest absolute Gasteiger partial charge is 1.00 e. The van der Waals surface area contributed by atoms with Gasteiger partial charge < -0.3 is 12.4 Å². The fraction of sp³-hybridized carbons (Fsp3) is 0.419. The van der Waals surface area contributed by atoms with Gasteiger partial charge in [0, 0.05) is 7.26 Å². The van der Waals surface area contributed by atoms with Crippen LogP contribution in [0.25, 0.3) is 0 Å². The van der Waals surface area contributed by atoms with Gasteiger partial charge in [-0.25, -0.2) is 0 Å². The van der Waals surface area contributed by atoms with Crippen molar-refractivity contribution in [2.45, 2.75) is 76.8 Å². The van der Waals surface area contributed by atoms with Crippen molar-refractivity contribution in [1.82, 2.24) is 0 Å². The fourth-order valence-electron chi connectivity index (χ4n) is 4.90. The summed E-state index contributed by atoms with van der Waals surface area (Å²) in [4.78, 5) is 0. The van der Waals surface area contributed by atoms with Crippen LogP contribution in [0.15, 0.2) is 91.0 Å². The predicted octanol–water partition coefficient (Wildman–Crippen LogP) is 6.75. The van der Waals surface area contributed by atoms with E-state index in [2.05, 4.69) is 97.9 Å². The average molecular weight is 481 g/mol. The lowest BCUT2D eigenvalue weighted by molar-refractivity contribution is -0.00000684. The van der Waals surface area contributed by atoms with Crippen molar-refractivity contribution >= 4 is 7.26 Å². The fourth-order valence-corrected chi connectivity index (χ4v) is 9.56. The molecule has 0 aliphatic carbocycles. The van der Waals surface area contributed by atoms with Crippen molar-refractivity contribution in [1.29, 1.82) is 0 Å². The molecule has 0 aromatic heterocycles. The zero-order chi connectivity index (χ0) is 22.3. The van der Waals surface area contributed by atoms with Crippen LogP contribution in [0.2, 0.25) is 0 Å². The van der Waals surface area contributed by atoms with Gasteiger partial charge in [0.15, 0.2) is 0 Å². The molecular formula is C31H42ClP. The summed E-state index contributed by atoms with van der Waals surface area (Å²) < 4.78 is 0. The van der Waals surface area contributed by atoms with Crippen LogP contribution in [-0.4, -0.2) is 6.16 Å². The Bertz CT molecular complexity index is 746. The third-order valence-electron chi connectivity index (χ3n) is 6.57.